The minimum absolute atomic E-state index is 0.0136. The number of ketones is 1. The normalized spacial score (nSPS) is 14.8. The van der Waals surface area contributed by atoms with Gasteiger partial charge in [0, 0.05) is 35.7 Å². The average Bonchev–Trinajstić information content (AvgIpc) is 3.34. The first-order chi connectivity index (χ1) is 25.8. The van der Waals surface area contributed by atoms with Crippen LogP contribution in [-0.4, -0.2) is 85.5 Å². The zero-order valence-electron chi connectivity index (χ0n) is 35.0. The Hall–Kier alpha value is -4.79. The Morgan fingerprint density at radius 3 is 1.88 bits per heavy atom. The number of carbonyl (C=O) groups is 7. The topological polar surface area (TPSA) is 213 Å². The molecule has 0 spiro atoms. The summed E-state index contributed by atoms with van der Waals surface area (Å²) < 4.78 is 16.2. The van der Waals surface area contributed by atoms with E-state index < -0.39 is 46.2 Å². The molecule has 0 fully saturated rings. The van der Waals surface area contributed by atoms with Gasteiger partial charge in [-0.1, -0.05) is 67.5 Å². The van der Waals surface area contributed by atoms with Gasteiger partial charge in [-0.2, -0.15) is 0 Å². The number of primary amides is 1. The van der Waals surface area contributed by atoms with Crippen LogP contribution in [0.5, 0.6) is 0 Å². The van der Waals surface area contributed by atoms with Gasteiger partial charge in [0.05, 0.1) is 31.2 Å². The van der Waals surface area contributed by atoms with Gasteiger partial charge in [-0.05, 0) is 68.1 Å². The van der Waals surface area contributed by atoms with E-state index in [1.54, 1.807) is 58.9 Å². The van der Waals surface area contributed by atoms with Crippen molar-refractivity contribution in [2.75, 3.05) is 38.2 Å². The van der Waals surface area contributed by atoms with Gasteiger partial charge in [0.25, 0.3) is 11.8 Å². The predicted molar refractivity (Wildman–Crippen MR) is 211 cm³/mol. The number of rotatable bonds is 19. The molecule has 15 heteroatoms. The van der Waals surface area contributed by atoms with Crippen molar-refractivity contribution in [1.29, 1.82) is 0 Å². The molecule has 0 saturated carbocycles. The highest BCUT2D eigenvalue weighted by Crippen LogP contribution is 2.42. The molecule has 2 atom stereocenters. The molecule has 0 aliphatic carbocycles. The molecule has 1 aromatic rings. The van der Waals surface area contributed by atoms with Gasteiger partial charge in [0.1, 0.15) is 13.2 Å². The highest BCUT2D eigenvalue weighted by atomic mass is 16.6. The number of benzene rings is 1. The lowest BCUT2D eigenvalue weighted by Gasteiger charge is -2.25. The number of imide groups is 1. The number of hydrogen-bond acceptors (Lipinski definition) is 10. The number of nitrogens with two attached hydrogens (primary N) is 1. The Morgan fingerprint density at radius 2 is 1.38 bits per heavy atom. The van der Waals surface area contributed by atoms with Crippen molar-refractivity contribution >= 4 is 47.3 Å². The van der Waals surface area contributed by atoms with Crippen LogP contribution in [0.4, 0.5) is 15.3 Å². The maximum absolute atomic E-state index is 13.6. The lowest BCUT2D eigenvalue weighted by molar-refractivity contribution is -0.154. The molecule has 0 radical (unpaired) electrons. The van der Waals surface area contributed by atoms with E-state index in [2.05, 4.69) is 16.0 Å². The van der Waals surface area contributed by atoms with Gasteiger partial charge >= 0.3 is 18.1 Å². The van der Waals surface area contributed by atoms with Gasteiger partial charge in [-0.3, -0.25) is 28.9 Å². The third-order valence-electron chi connectivity index (χ3n) is 8.93. The van der Waals surface area contributed by atoms with Crippen LogP contribution in [0.25, 0.3) is 0 Å². The van der Waals surface area contributed by atoms with Crippen molar-refractivity contribution in [3.63, 3.8) is 0 Å². The molecule has 312 valence electrons. The van der Waals surface area contributed by atoms with Crippen molar-refractivity contribution in [1.82, 2.24) is 15.5 Å². The van der Waals surface area contributed by atoms with E-state index in [-0.39, 0.29) is 81.8 Å². The minimum Gasteiger partial charge on any atom is -0.460 e. The lowest BCUT2D eigenvalue weighted by Crippen LogP contribution is -2.46. The zero-order valence-corrected chi connectivity index (χ0v) is 35.0. The molecule has 0 unspecified atom stereocenters. The Kier molecular flexibility index (Phi) is 17.3. The summed E-state index contributed by atoms with van der Waals surface area (Å²) in [4.78, 5) is 90.7. The van der Waals surface area contributed by atoms with Gasteiger partial charge in [-0.15, -0.1) is 0 Å². The number of Topliss-reactive ketones (excluding diaryl/α,β-unsaturated/α-hetero) is 1. The van der Waals surface area contributed by atoms with Crippen LogP contribution in [0.1, 0.15) is 101 Å². The summed E-state index contributed by atoms with van der Waals surface area (Å²) in [7, 11) is 0. The van der Waals surface area contributed by atoms with Crippen molar-refractivity contribution < 1.29 is 47.8 Å². The number of ether oxygens (including phenoxy) is 3. The van der Waals surface area contributed by atoms with Crippen LogP contribution in [0.15, 0.2) is 35.4 Å². The second-order valence-electron chi connectivity index (χ2n) is 17.4. The molecule has 0 aromatic heterocycles. The van der Waals surface area contributed by atoms with Gasteiger partial charge in [0.15, 0.2) is 5.78 Å². The highest BCUT2D eigenvalue weighted by Gasteiger charge is 2.46. The van der Waals surface area contributed by atoms with Crippen molar-refractivity contribution in [3.05, 3.63) is 41.0 Å². The summed E-state index contributed by atoms with van der Waals surface area (Å²) in [5.41, 5.74) is 5.70. The van der Waals surface area contributed by atoms with E-state index in [0.717, 1.165) is 5.56 Å². The van der Waals surface area contributed by atoms with Crippen LogP contribution in [0.2, 0.25) is 0 Å². The van der Waals surface area contributed by atoms with Crippen LogP contribution in [0, 0.1) is 28.1 Å². The molecule has 56 heavy (non-hydrogen) atoms. The maximum Gasteiger partial charge on any atom is 0.407 e. The molecular weight excluding hydrogens is 722 g/mol. The maximum atomic E-state index is 13.6. The lowest BCUT2D eigenvalue weighted by atomic mass is 9.76. The zero-order chi connectivity index (χ0) is 42.6. The first kappa shape index (κ1) is 47.4. The number of amides is 6. The summed E-state index contributed by atoms with van der Waals surface area (Å²) >= 11 is 0. The SMILES string of the molecule is CC(C)[C@H](NC(=O)OCCOCCN1C(=O)C(C(C)(C)C)=C(C(C)(C)C)C1=O)C(=O)C[C@@H](CCCNC(N)=O)C(=O)Nc1ccc(COC(=O)C(C)(C)C)cc1. The number of carbonyl (C=O) groups excluding carboxylic acids is 7. The summed E-state index contributed by atoms with van der Waals surface area (Å²) in [6.07, 6.45) is -0.448. The molecule has 6 amide bonds. The molecular formula is C41H63N5O10. The second-order valence-corrected chi connectivity index (χ2v) is 17.4. The molecule has 1 heterocycles. The summed E-state index contributed by atoms with van der Waals surface area (Å²) in [6.45, 7) is 20.4. The molecule has 1 aliphatic heterocycles. The fourth-order valence-electron chi connectivity index (χ4n) is 5.96. The standard InChI is InChI=1S/C41H63N5O10/c1-25(2)32(45-38(53)55-22-21-54-20-19-46-34(49)30(39(3,4)5)31(35(46)50)40(6,7)8)29(47)23-27(13-12-18-43-37(42)52)33(48)44-28-16-14-26(15-17-28)24-56-36(51)41(9,10)11/h14-17,25,27,32H,12-13,18-24H2,1-11H3,(H,44,48)(H,45,53)(H3,42,43,52)/t27-,32+/m1/s1. The van der Waals surface area contributed by atoms with E-state index >= 15 is 0 Å². The van der Waals surface area contributed by atoms with Gasteiger partial charge in [-0.25, -0.2) is 9.59 Å². The smallest absolute Gasteiger partial charge is 0.407 e. The first-order valence-corrected chi connectivity index (χ1v) is 19.1. The van der Waals surface area contributed by atoms with Crippen molar-refractivity contribution in [2.45, 2.75) is 108 Å². The molecule has 0 saturated heterocycles. The van der Waals surface area contributed by atoms with Gasteiger partial charge < -0.3 is 35.9 Å². The molecule has 0 bridgehead atoms. The monoisotopic (exact) mass is 785 g/mol. The molecule has 15 nitrogen and oxygen atoms in total. The van der Waals surface area contributed by atoms with E-state index in [9.17, 15) is 33.6 Å². The Bertz CT molecular complexity index is 1580. The van der Waals surface area contributed by atoms with Crippen LogP contribution in [-0.2, 0) is 44.8 Å². The summed E-state index contributed by atoms with van der Waals surface area (Å²) in [5.74, 6) is -2.95. The van der Waals surface area contributed by atoms with Crippen molar-refractivity contribution in [3.8, 4) is 0 Å². The van der Waals surface area contributed by atoms with Crippen molar-refractivity contribution in [2.24, 2.45) is 33.8 Å². The Labute approximate surface area is 331 Å². The molecule has 5 N–H and O–H groups in total. The Balaban J connectivity index is 1.95. The van der Waals surface area contributed by atoms with Gasteiger partial charge in [0.2, 0.25) is 5.91 Å². The quantitative estimate of drug-likeness (QED) is 0.0811. The second kappa shape index (κ2) is 20.4. The number of urea groups is 1. The number of anilines is 1. The van der Waals surface area contributed by atoms with Crippen LogP contribution >= 0.6 is 0 Å². The number of esters is 1. The molecule has 2 rings (SSSR count). The van der Waals surface area contributed by atoms with E-state index in [4.69, 9.17) is 19.9 Å². The van der Waals surface area contributed by atoms with Crippen LogP contribution < -0.4 is 21.7 Å². The number of hydrogen-bond donors (Lipinski definition) is 4. The summed E-state index contributed by atoms with van der Waals surface area (Å²) in [6, 6.07) is 5.09. The number of nitrogens with one attached hydrogen (secondary N) is 3. The van der Waals surface area contributed by atoms with E-state index in [1.807, 2.05) is 41.5 Å². The largest absolute Gasteiger partial charge is 0.460 e. The third-order valence-corrected chi connectivity index (χ3v) is 8.93. The highest BCUT2D eigenvalue weighted by molar-refractivity contribution is 6.20. The predicted octanol–water partition coefficient (Wildman–Crippen LogP) is 5.26. The number of nitrogens with zero attached hydrogens (tertiary/aromatic N) is 1. The molecule has 1 aliphatic rings. The minimum atomic E-state index is -0.966. The number of alkyl carbamates (subject to hydrolysis) is 1. The van der Waals surface area contributed by atoms with E-state index in [0.29, 0.717) is 23.3 Å². The molecule has 1 aromatic carbocycles. The fraction of sp³-hybridized carbons (Fsp3) is 0.634. The third kappa shape index (κ3) is 14.7. The van der Waals surface area contributed by atoms with Crippen LogP contribution in [0.3, 0.4) is 0 Å². The van der Waals surface area contributed by atoms with E-state index in [1.165, 1.54) is 4.90 Å². The fourth-order valence-corrected chi connectivity index (χ4v) is 5.96. The Morgan fingerprint density at radius 1 is 0.804 bits per heavy atom. The average molecular weight is 786 g/mol. The summed E-state index contributed by atoms with van der Waals surface area (Å²) in [5, 5.41) is 7.91. The first-order valence-electron chi connectivity index (χ1n) is 19.1.